The Balaban J connectivity index is 1.47. The van der Waals surface area contributed by atoms with E-state index in [1.165, 1.54) is 0 Å². The van der Waals surface area contributed by atoms with Gasteiger partial charge in [0.05, 0.1) is 12.8 Å². The van der Waals surface area contributed by atoms with Crippen LogP contribution in [0, 0.1) is 0 Å². The van der Waals surface area contributed by atoms with Crippen LogP contribution in [0.1, 0.15) is 18.4 Å². The third kappa shape index (κ3) is 4.25. The monoisotopic (exact) mass is 325 g/mol. The van der Waals surface area contributed by atoms with Crippen LogP contribution in [0.25, 0.3) is 0 Å². The van der Waals surface area contributed by atoms with E-state index in [-0.39, 0.29) is 5.91 Å². The fourth-order valence-corrected chi connectivity index (χ4v) is 3.03. The number of hydrogen-bond acceptors (Lipinski definition) is 4. The minimum absolute atomic E-state index is 0.216. The number of aromatic nitrogens is 1. The van der Waals surface area contributed by atoms with Crippen molar-refractivity contribution in [1.82, 2.24) is 9.88 Å². The van der Waals surface area contributed by atoms with Crippen molar-refractivity contribution in [2.24, 2.45) is 0 Å². The second-order valence-corrected chi connectivity index (χ2v) is 6.06. The summed E-state index contributed by atoms with van der Waals surface area (Å²) in [5, 5.41) is 3.44. The van der Waals surface area contributed by atoms with Gasteiger partial charge in [0.2, 0.25) is 5.91 Å². The Labute approximate surface area is 142 Å². The lowest BCUT2D eigenvalue weighted by atomic mass is 10.1. The maximum absolute atomic E-state index is 12.4. The molecule has 126 valence electrons. The quantitative estimate of drug-likeness (QED) is 0.887. The van der Waals surface area contributed by atoms with Gasteiger partial charge in [-0.05, 0) is 42.7 Å². The van der Waals surface area contributed by atoms with Gasteiger partial charge in [-0.15, -0.1) is 0 Å². The summed E-state index contributed by atoms with van der Waals surface area (Å²) in [4.78, 5) is 18.5. The van der Waals surface area contributed by atoms with Crippen molar-refractivity contribution in [3.8, 4) is 5.75 Å². The van der Waals surface area contributed by atoms with Gasteiger partial charge < -0.3 is 15.0 Å². The summed E-state index contributed by atoms with van der Waals surface area (Å²) in [5.41, 5.74) is 2.14. The van der Waals surface area contributed by atoms with Crippen molar-refractivity contribution in [3.63, 3.8) is 0 Å². The minimum atomic E-state index is 0.216. The highest BCUT2D eigenvalue weighted by molar-refractivity contribution is 5.77. The lowest BCUT2D eigenvalue weighted by Crippen LogP contribution is -2.31. The highest BCUT2D eigenvalue weighted by Crippen LogP contribution is 2.18. The number of pyridine rings is 1. The third-order valence-corrected chi connectivity index (χ3v) is 4.33. The first kappa shape index (κ1) is 16.3. The smallest absolute Gasteiger partial charge is 0.222 e. The minimum Gasteiger partial charge on any atom is -0.497 e. The molecule has 0 spiro atoms. The molecule has 0 bridgehead atoms. The molecule has 0 saturated carbocycles. The zero-order valence-corrected chi connectivity index (χ0v) is 13.9. The van der Waals surface area contributed by atoms with Crippen molar-refractivity contribution in [1.29, 1.82) is 0 Å². The van der Waals surface area contributed by atoms with Crippen LogP contribution in [0.2, 0.25) is 0 Å². The summed E-state index contributed by atoms with van der Waals surface area (Å²) >= 11 is 0. The van der Waals surface area contributed by atoms with E-state index in [2.05, 4.69) is 10.3 Å². The Kier molecular flexibility index (Phi) is 5.31. The van der Waals surface area contributed by atoms with E-state index in [0.29, 0.717) is 12.5 Å². The zero-order chi connectivity index (χ0) is 16.8. The van der Waals surface area contributed by atoms with Gasteiger partial charge in [0, 0.05) is 37.9 Å². The van der Waals surface area contributed by atoms with Gasteiger partial charge in [-0.3, -0.25) is 9.78 Å². The lowest BCUT2D eigenvalue weighted by molar-refractivity contribution is -0.130. The van der Waals surface area contributed by atoms with Gasteiger partial charge in [-0.2, -0.15) is 0 Å². The highest BCUT2D eigenvalue weighted by Gasteiger charge is 2.25. The molecule has 1 saturated heterocycles. The van der Waals surface area contributed by atoms with Gasteiger partial charge in [0.25, 0.3) is 0 Å². The molecular weight excluding hydrogens is 302 g/mol. The van der Waals surface area contributed by atoms with Crippen molar-refractivity contribution in [3.05, 3.63) is 54.4 Å². The summed E-state index contributed by atoms with van der Waals surface area (Å²) < 4.78 is 5.22. The first-order chi connectivity index (χ1) is 11.7. The predicted octanol–water partition coefficient (Wildman–Crippen LogP) is 2.74. The maximum Gasteiger partial charge on any atom is 0.222 e. The average Bonchev–Trinajstić information content (AvgIpc) is 3.09. The summed E-state index contributed by atoms with van der Waals surface area (Å²) in [6, 6.07) is 12.1. The standard InChI is InChI=1S/C19H23N3O2/c1-24-18-6-2-4-15(12-18)7-8-19(23)22-11-9-17(14-22)21-16-5-3-10-20-13-16/h2-6,10,12-13,17,21H,7-9,11,14H2,1H3/t17-/m0/s1. The number of methoxy groups -OCH3 is 1. The molecule has 2 aromatic rings. The molecule has 1 atom stereocenters. The molecule has 3 rings (SSSR count). The van der Waals surface area contributed by atoms with Crippen LogP contribution < -0.4 is 10.1 Å². The Morgan fingerprint density at radius 1 is 1.38 bits per heavy atom. The van der Waals surface area contributed by atoms with Crippen LogP contribution in [-0.2, 0) is 11.2 Å². The SMILES string of the molecule is COc1cccc(CCC(=O)N2CC[C@H](Nc3cccnc3)C2)c1. The van der Waals surface area contributed by atoms with Crippen molar-refractivity contribution in [2.75, 3.05) is 25.5 Å². The number of nitrogens with one attached hydrogen (secondary N) is 1. The molecule has 1 N–H and O–H groups in total. The number of carbonyl (C=O) groups is 1. The number of ether oxygens (including phenoxy) is 1. The van der Waals surface area contributed by atoms with E-state index in [4.69, 9.17) is 4.74 Å². The topological polar surface area (TPSA) is 54.5 Å². The Hall–Kier alpha value is -2.56. The summed E-state index contributed by atoms with van der Waals surface area (Å²) in [6.45, 7) is 1.57. The predicted molar refractivity (Wildman–Crippen MR) is 94.2 cm³/mol. The van der Waals surface area contributed by atoms with Crippen LogP contribution >= 0.6 is 0 Å². The van der Waals surface area contributed by atoms with E-state index in [9.17, 15) is 4.79 Å². The lowest BCUT2D eigenvalue weighted by Gasteiger charge is -2.17. The summed E-state index contributed by atoms with van der Waals surface area (Å²) in [6.07, 6.45) is 5.82. The van der Waals surface area contributed by atoms with Gasteiger partial charge in [0.15, 0.2) is 0 Å². The number of aryl methyl sites for hydroxylation is 1. The second kappa shape index (κ2) is 7.81. The molecule has 2 heterocycles. The van der Waals surface area contributed by atoms with Crippen molar-refractivity contribution in [2.45, 2.75) is 25.3 Å². The molecule has 1 aliphatic rings. The number of nitrogens with zero attached hydrogens (tertiary/aromatic N) is 2. The fraction of sp³-hybridized carbons (Fsp3) is 0.368. The number of benzene rings is 1. The maximum atomic E-state index is 12.4. The largest absolute Gasteiger partial charge is 0.497 e. The number of hydrogen-bond donors (Lipinski definition) is 1. The average molecular weight is 325 g/mol. The molecule has 1 amide bonds. The molecule has 0 unspecified atom stereocenters. The number of carbonyl (C=O) groups excluding carboxylic acids is 1. The van der Waals surface area contributed by atoms with Crippen LogP contribution in [0.4, 0.5) is 5.69 Å². The number of likely N-dealkylation sites (tertiary alicyclic amines) is 1. The Morgan fingerprint density at radius 2 is 2.29 bits per heavy atom. The zero-order valence-electron chi connectivity index (χ0n) is 13.9. The van der Waals surface area contributed by atoms with Gasteiger partial charge in [-0.25, -0.2) is 0 Å². The Morgan fingerprint density at radius 3 is 3.08 bits per heavy atom. The number of anilines is 1. The van der Waals surface area contributed by atoms with Crippen molar-refractivity contribution >= 4 is 11.6 Å². The second-order valence-electron chi connectivity index (χ2n) is 6.06. The molecule has 5 nitrogen and oxygen atoms in total. The number of amides is 1. The fourth-order valence-electron chi connectivity index (χ4n) is 3.03. The van der Waals surface area contributed by atoms with Crippen LogP contribution in [0.3, 0.4) is 0 Å². The first-order valence-electron chi connectivity index (χ1n) is 8.32. The van der Waals surface area contributed by atoms with E-state index < -0.39 is 0 Å². The highest BCUT2D eigenvalue weighted by atomic mass is 16.5. The van der Waals surface area contributed by atoms with Gasteiger partial charge in [-0.1, -0.05) is 12.1 Å². The molecule has 5 heteroatoms. The first-order valence-corrected chi connectivity index (χ1v) is 8.32. The number of rotatable bonds is 6. The molecule has 1 aromatic carbocycles. The van der Waals surface area contributed by atoms with Gasteiger partial charge >= 0.3 is 0 Å². The van der Waals surface area contributed by atoms with E-state index in [0.717, 1.165) is 42.9 Å². The van der Waals surface area contributed by atoms with E-state index in [1.54, 1.807) is 13.3 Å². The molecule has 1 aliphatic heterocycles. The van der Waals surface area contributed by atoms with Crippen molar-refractivity contribution < 1.29 is 9.53 Å². The van der Waals surface area contributed by atoms with Gasteiger partial charge in [0.1, 0.15) is 5.75 Å². The van der Waals surface area contributed by atoms with Crippen LogP contribution in [0.15, 0.2) is 48.8 Å². The summed E-state index contributed by atoms with van der Waals surface area (Å²) in [7, 11) is 1.66. The molecule has 0 aliphatic carbocycles. The van der Waals surface area contributed by atoms with E-state index >= 15 is 0 Å². The molecule has 0 radical (unpaired) electrons. The molecular formula is C19H23N3O2. The van der Waals surface area contributed by atoms with Crippen LogP contribution in [0.5, 0.6) is 5.75 Å². The normalized spacial score (nSPS) is 16.9. The van der Waals surface area contributed by atoms with Crippen LogP contribution in [-0.4, -0.2) is 42.0 Å². The molecule has 1 aromatic heterocycles. The third-order valence-electron chi connectivity index (χ3n) is 4.33. The molecule has 24 heavy (non-hydrogen) atoms. The van der Waals surface area contributed by atoms with E-state index in [1.807, 2.05) is 47.5 Å². The molecule has 1 fully saturated rings. The summed E-state index contributed by atoms with van der Waals surface area (Å²) in [5.74, 6) is 1.05. The Bertz CT molecular complexity index is 675.